The van der Waals surface area contributed by atoms with E-state index in [0.717, 1.165) is 57.8 Å². The number of hydrogen-bond donors (Lipinski definition) is 5. The van der Waals surface area contributed by atoms with Gasteiger partial charge < -0.3 is 25.7 Å². The summed E-state index contributed by atoms with van der Waals surface area (Å²) in [7, 11) is 0. The van der Waals surface area contributed by atoms with E-state index in [2.05, 4.69) is 55.6 Å². The molecule has 0 radical (unpaired) electrons. The number of amides is 1. The zero-order valence-corrected chi connectivity index (χ0v) is 27.2. The monoisotopic (exact) mass is 594 g/mol. The van der Waals surface area contributed by atoms with E-state index < -0.39 is 36.9 Å². The average molecular weight is 594 g/mol. The van der Waals surface area contributed by atoms with Crippen LogP contribution < -0.4 is 5.32 Å². The summed E-state index contributed by atoms with van der Waals surface area (Å²) in [5.41, 5.74) is 0. The smallest absolute Gasteiger partial charge is 0.249 e. The molecule has 0 spiro atoms. The summed E-state index contributed by atoms with van der Waals surface area (Å²) < 4.78 is 0. The molecule has 42 heavy (non-hydrogen) atoms. The largest absolute Gasteiger partial charge is 0.394 e. The maximum Gasteiger partial charge on any atom is 0.249 e. The minimum absolute atomic E-state index is 0.352. The van der Waals surface area contributed by atoms with Crippen molar-refractivity contribution >= 4 is 5.91 Å². The number of aliphatic hydroxyl groups excluding tert-OH is 4. The van der Waals surface area contributed by atoms with Crippen LogP contribution in [0.15, 0.2) is 36.5 Å². The number of unbranched alkanes of at least 4 members (excludes halogenated alkanes) is 15. The van der Waals surface area contributed by atoms with Gasteiger partial charge in [-0.2, -0.15) is 0 Å². The number of nitrogens with one attached hydrogen (secondary N) is 1. The summed E-state index contributed by atoms with van der Waals surface area (Å²) in [6.07, 6.45) is 33.0. The van der Waals surface area contributed by atoms with E-state index in [1.807, 2.05) is 0 Å². The molecule has 4 atom stereocenters. The molecule has 6 nitrogen and oxygen atoms in total. The number of carbonyl (C=O) groups is 1. The fraction of sp³-hybridized carbons (Fsp3) is 0.806. The van der Waals surface area contributed by atoms with Crippen molar-refractivity contribution < 1.29 is 25.2 Å². The van der Waals surface area contributed by atoms with Gasteiger partial charge in [-0.15, -0.1) is 0 Å². The van der Waals surface area contributed by atoms with Gasteiger partial charge in [0.2, 0.25) is 5.91 Å². The van der Waals surface area contributed by atoms with Crippen molar-refractivity contribution in [2.45, 2.75) is 179 Å². The number of aliphatic hydroxyl groups is 4. The van der Waals surface area contributed by atoms with E-state index >= 15 is 0 Å². The quantitative estimate of drug-likeness (QED) is 0.0431. The lowest BCUT2D eigenvalue weighted by Crippen LogP contribution is -2.53. The molecule has 0 aromatic carbocycles. The van der Waals surface area contributed by atoms with Gasteiger partial charge in [0.25, 0.3) is 0 Å². The highest BCUT2D eigenvalue weighted by atomic mass is 16.3. The van der Waals surface area contributed by atoms with Crippen molar-refractivity contribution in [2.75, 3.05) is 6.61 Å². The van der Waals surface area contributed by atoms with Gasteiger partial charge in [0.1, 0.15) is 12.2 Å². The van der Waals surface area contributed by atoms with Crippen LogP contribution in [0.2, 0.25) is 0 Å². The van der Waals surface area contributed by atoms with Gasteiger partial charge in [-0.25, -0.2) is 0 Å². The summed E-state index contributed by atoms with van der Waals surface area (Å²) in [6, 6.07) is -1.01. The van der Waals surface area contributed by atoms with Crippen molar-refractivity contribution in [1.82, 2.24) is 5.32 Å². The third-order valence-corrected chi connectivity index (χ3v) is 7.80. The van der Waals surface area contributed by atoms with E-state index in [1.54, 1.807) is 0 Å². The third kappa shape index (κ3) is 25.1. The van der Waals surface area contributed by atoms with Crippen LogP contribution >= 0.6 is 0 Å². The molecule has 0 fully saturated rings. The molecule has 1 amide bonds. The first kappa shape index (κ1) is 40.5. The fourth-order valence-electron chi connectivity index (χ4n) is 4.94. The molecule has 0 bridgehead atoms. The topological polar surface area (TPSA) is 110 Å². The lowest BCUT2D eigenvalue weighted by atomic mass is 10.00. The predicted octanol–water partition coefficient (Wildman–Crippen LogP) is 7.84. The van der Waals surface area contributed by atoms with Crippen LogP contribution in [0.25, 0.3) is 0 Å². The van der Waals surface area contributed by atoms with Gasteiger partial charge in [-0.1, -0.05) is 115 Å². The molecule has 0 aliphatic rings. The normalized spacial score (nSPS) is 15.1. The highest BCUT2D eigenvalue weighted by Gasteiger charge is 2.28. The number of allylic oxidation sites excluding steroid dienone is 6. The fourth-order valence-corrected chi connectivity index (χ4v) is 4.94. The third-order valence-electron chi connectivity index (χ3n) is 7.80. The van der Waals surface area contributed by atoms with Crippen molar-refractivity contribution in [2.24, 2.45) is 0 Å². The van der Waals surface area contributed by atoms with Gasteiger partial charge in [0.15, 0.2) is 0 Å². The second-order valence-corrected chi connectivity index (χ2v) is 11.8. The average Bonchev–Trinajstić information content (AvgIpc) is 2.99. The van der Waals surface area contributed by atoms with E-state index in [9.17, 15) is 25.2 Å². The van der Waals surface area contributed by atoms with Gasteiger partial charge in [-0.05, 0) is 77.0 Å². The molecular formula is C36H67NO5. The summed E-state index contributed by atoms with van der Waals surface area (Å²) in [4.78, 5) is 12.4. The van der Waals surface area contributed by atoms with E-state index in [4.69, 9.17) is 0 Å². The Morgan fingerprint density at radius 1 is 0.571 bits per heavy atom. The molecule has 0 aromatic rings. The molecule has 0 aliphatic heterocycles. The Balaban J connectivity index is 3.94. The summed E-state index contributed by atoms with van der Waals surface area (Å²) in [6.45, 7) is 3.95. The highest BCUT2D eigenvalue weighted by Crippen LogP contribution is 2.13. The number of carbonyl (C=O) groups excluding carboxylic acids is 1. The lowest BCUT2D eigenvalue weighted by Gasteiger charge is -2.27. The lowest BCUT2D eigenvalue weighted by molar-refractivity contribution is -0.132. The number of rotatable bonds is 30. The molecule has 5 N–H and O–H groups in total. The van der Waals surface area contributed by atoms with Crippen LogP contribution in [0.4, 0.5) is 0 Å². The highest BCUT2D eigenvalue weighted by molar-refractivity contribution is 5.80. The van der Waals surface area contributed by atoms with Gasteiger partial charge in [-0.3, -0.25) is 4.79 Å². The molecule has 0 aromatic heterocycles. The molecule has 0 heterocycles. The molecule has 0 saturated heterocycles. The Hall–Kier alpha value is -1.47. The second kappa shape index (κ2) is 31.0. The SMILES string of the molecule is CCCCC/C=C/CC/C=C/CCCC(O)C(O)C(CO)NC(=O)C(O)CCCCCCCC/C=C\CCCCCC. The minimum Gasteiger partial charge on any atom is -0.394 e. The Labute approximate surface area is 258 Å². The molecular weight excluding hydrogens is 526 g/mol. The van der Waals surface area contributed by atoms with E-state index in [0.29, 0.717) is 19.3 Å². The zero-order valence-electron chi connectivity index (χ0n) is 27.2. The molecule has 246 valence electrons. The van der Waals surface area contributed by atoms with Crippen LogP contribution in [-0.4, -0.2) is 57.3 Å². The molecule has 6 heteroatoms. The van der Waals surface area contributed by atoms with Crippen LogP contribution in [0.3, 0.4) is 0 Å². The van der Waals surface area contributed by atoms with Gasteiger partial charge >= 0.3 is 0 Å². The Kier molecular flexibility index (Phi) is 29.9. The molecule has 4 unspecified atom stereocenters. The summed E-state index contributed by atoms with van der Waals surface area (Å²) in [5, 5.41) is 43.3. The first-order chi connectivity index (χ1) is 20.5. The van der Waals surface area contributed by atoms with Crippen molar-refractivity contribution in [3.8, 4) is 0 Å². The van der Waals surface area contributed by atoms with Gasteiger partial charge in [0, 0.05) is 0 Å². The maximum absolute atomic E-state index is 12.4. The van der Waals surface area contributed by atoms with Crippen molar-refractivity contribution in [1.29, 1.82) is 0 Å². The zero-order chi connectivity index (χ0) is 31.1. The summed E-state index contributed by atoms with van der Waals surface area (Å²) >= 11 is 0. The first-order valence-corrected chi connectivity index (χ1v) is 17.4. The van der Waals surface area contributed by atoms with Crippen LogP contribution in [0.1, 0.15) is 155 Å². The van der Waals surface area contributed by atoms with Crippen molar-refractivity contribution in [3.05, 3.63) is 36.5 Å². The van der Waals surface area contributed by atoms with Crippen LogP contribution in [0.5, 0.6) is 0 Å². The Morgan fingerprint density at radius 3 is 1.55 bits per heavy atom. The van der Waals surface area contributed by atoms with Crippen LogP contribution in [0, 0.1) is 0 Å². The molecule has 0 rings (SSSR count). The summed E-state index contributed by atoms with van der Waals surface area (Å²) in [5.74, 6) is -0.607. The molecule has 0 aliphatic carbocycles. The predicted molar refractivity (Wildman–Crippen MR) is 177 cm³/mol. The van der Waals surface area contributed by atoms with Crippen LogP contribution in [-0.2, 0) is 4.79 Å². The molecule has 0 saturated carbocycles. The maximum atomic E-state index is 12.4. The second-order valence-electron chi connectivity index (χ2n) is 11.8. The Bertz CT molecular complexity index is 678. The van der Waals surface area contributed by atoms with E-state index in [-0.39, 0.29) is 0 Å². The van der Waals surface area contributed by atoms with Gasteiger partial charge in [0.05, 0.1) is 18.8 Å². The first-order valence-electron chi connectivity index (χ1n) is 17.4. The van der Waals surface area contributed by atoms with Crippen molar-refractivity contribution in [3.63, 3.8) is 0 Å². The Morgan fingerprint density at radius 2 is 1.00 bits per heavy atom. The number of hydrogen-bond acceptors (Lipinski definition) is 5. The standard InChI is InChI=1S/C36H67NO5/c1-3-5-7-9-11-13-15-17-18-20-22-24-26-28-30-34(40)36(42)37-32(31-38)35(41)33(39)29-27-25-23-21-19-16-14-12-10-8-6-4-2/h12-15,21,23,32-35,38-41H,3-11,16-20,22,24-31H2,1-2H3,(H,37,42)/b14-12+,15-13-,23-21+. The minimum atomic E-state index is -1.29. The van der Waals surface area contributed by atoms with E-state index in [1.165, 1.54) is 64.2 Å².